The normalized spacial score (nSPS) is 16.8. The van der Waals surface area contributed by atoms with Crippen LogP contribution in [0.1, 0.15) is 43.2 Å². The summed E-state index contributed by atoms with van der Waals surface area (Å²) in [6, 6.07) is 4.76. The number of amides is 3. The first-order valence-electron chi connectivity index (χ1n) is 13.9. The SMILES string of the molecule is CCCn1cc(C(=O)N2CCOc3cc(ccc3OC)-c3nccn3CCNC(=O)[C@@H](C(C)C)NC(=O)C2)c(C)n1. The van der Waals surface area contributed by atoms with Gasteiger partial charge in [0.05, 0.1) is 31.5 Å². The molecule has 12 nitrogen and oxygen atoms in total. The van der Waals surface area contributed by atoms with Crippen LogP contribution in [0, 0.1) is 12.8 Å². The number of carbonyl (C=O) groups is 3. The van der Waals surface area contributed by atoms with Gasteiger partial charge in [-0.3, -0.25) is 19.1 Å². The van der Waals surface area contributed by atoms with Crippen LogP contribution in [0.4, 0.5) is 0 Å². The molecule has 1 aromatic carbocycles. The van der Waals surface area contributed by atoms with Crippen molar-refractivity contribution in [1.82, 2.24) is 34.9 Å². The van der Waals surface area contributed by atoms with Gasteiger partial charge in [0, 0.05) is 43.8 Å². The minimum atomic E-state index is -0.762. The lowest BCUT2D eigenvalue weighted by atomic mass is 10.0. The van der Waals surface area contributed by atoms with Gasteiger partial charge in [-0.1, -0.05) is 20.8 Å². The quantitative estimate of drug-likeness (QED) is 0.485. The van der Waals surface area contributed by atoms with Crippen LogP contribution in [-0.4, -0.2) is 81.3 Å². The molecule has 1 atom stereocenters. The molecule has 2 bridgehead atoms. The third-order valence-electron chi connectivity index (χ3n) is 6.92. The number of nitrogens with one attached hydrogen (secondary N) is 2. The van der Waals surface area contributed by atoms with Crippen LogP contribution in [0.5, 0.6) is 11.5 Å². The van der Waals surface area contributed by atoms with Crippen LogP contribution in [0.25, 0.3) is 11.4 Å². The van der Waals surface area contributed by atoms with Crippen LogP contribution in [0.15, 0.2) is 36.8 Å². The maximum absolute atomic E-state index is 13.7. The molecule has 0 fully saturated rings. The van der Waals surface area contributed by atoms with Crippen molar-refractivity contribution in [2.24, 2.45) is 5.92 Å². The van der Waals surface area contributed by atoms with E-state index in [4.69, 9.17) is 9.47 Å². The van der Waals surface area contributed by atoms with Gasteiger partial charge in [0.1, 0.15) is 18.5 Å². The molecular formula is C29H39N7O5. The smallest absolute Gasteiger partial charge is 0.257 e. The maximum Gasteiger partial charge on any atom is 0.257 e. The Balaban J connectivity index is 1.67. The molecule has 0 unspecified atom stereocenters. The first kappa shape index (κ1) is 29.6. The van der Waals surface area contributed by atoms with E-state index in [0.29, 0.717) is 48.2 Å². The topological polar surface area (TPSA) is 133 Å². The lowest BCUT2D eigenvalue weighted by Crippen LogP contribution is -2.53. The standard InChI is InChI=1S/C29H39N7O5/c1-6-11-36-17-22(20(4)33-36)29(39)35-14-15-41-24-16-21(7-8-23(24)40-5)27-30-9-12-34(27)13-10-31-28(38)26(19(2)3)32-25(37)18-35/h7-9,12,16-17,19,26H,6,10-11,13-15,18H2,1-5H3,(H,31,38)(H,32,37)/t26-/m1/s1. The summed E-state index contributed by atoms with van der Waals surface area (Å²) in [5, 5.41) is 10.2. The average molecular weight is 566 g/mol. The van der Waals surface area contributed by atoms with E-state index in [1.165, 1.54) is 4.90 Å². The molecule has 0 saturated heterocycles. The van der Waals surface area contributed by atoms with Crippen molar-refractivity contribution in [3.63, 3.8) is 0 Å². The van der Waals surface area contributed by atoms with E-state index in [9.17, 15) is 14.4 Å². The molecule has 2 aromatic heterocycles. The zero-order chi connectivity index (χ0) is 29.5. The summed E-state index contributed by atoms with van der Waals surface area (Å²) in [6.07, 6.45) is 6.12. The molecule has 3 aromatic rings. The van der Waals surface area contributed by atoms with E-state index >= 15 is 0 Å². The molecule has 1 aliphatic rings. The van der Waals surface area contributed by atoms with Gasteiger partial charge >= 0.3 is 0 Å². The number of hydrogen-bond donors (Lipinski definition) is 2. The summed E-state index contributed by atoms with van der Waals surface area (Å²) in [5.41, 5.74) is 1.81. The Labute approximate surface area is 240 Å². The number of imidazole rings is 1. The molecule has 12 heteroatoms. The Morgan fingerprint density at radius 2 is 2.05 bits per heavy atom. The molecule has 1 aliphatic heterocycles. The van der Waals surface area contributed by atoms with Gasteiger partial charge in [-0.05, 0) is 37.5 Å². The number of nitrogens with zero attached hydrogens (tertiary/aromatic N) is 5. The zero-order valence-corrected chi connectivity index (χ0v) is 24.3. The summed E-state index contributed by atoms with van der Waals surface area (Å²) in [7, 11) is 1.56. The Morgan fingerprint density at radius 3 is 2.78 bits per heavy atom. The van der Waals surface area contributed by atoms with Crippen molar-refractivity contribution < 1.29 is 23.9 Å². The fourth-order valence-electron chi connectivity index (χ4n) is 4.78. The number of methoxy groups -OCH3 is 1. The Bertz CT molecular complexity index is 1380. The van der Waals surface area contributed by atoms with Crippen LogP contribution >= 0.6 is 0 Å². The minimum Gasteiger partial charge on any atom is -0.493 e. The van der Waals surface area contributed by atoms with Crippen molar-refractivity contribution in [3.8, 4) is 22.9 Å². The lowest BCUT2D eigenvalue weighted by Gasteiger charge is -2.25. The van der Waals surface area contributed by atoms with Gasteiger partial charge in [0.25, 0.3) is 5.91 Å². The number of aromatic nitrogens is 4. The third-order valence-corrected chi connectivity index (χ3v) is 6.92. The number of aryl methyl sites for hydroxylation is 2. The molecule has 0 aliphatic carbocycles. The number of fused-ring (bicyclic) bond motifs is 4. The first-order chi connectivity index (χ1) is 19.7. The summed E-state index contributed by atoms with van der Waals surface area (Å²) in [6.45, 7) is 9.00. The highest BCUT2D eigenvalue weighted by Crippen LogP contribution is 2.32. The fourth-order valence-corrected chi connectivity index (χ4v) is 4.78. The minimum absolute atomic E-state index is 0.101. The highest BCUT2D eigenvalue weighted by Gasteiger charge is 2.28. The van der Waals surface area contributed by atoms with Crippen LogP contribution in [-0.2, 0) is 22.7 Å². The van der Waals surface area contributed by atoms with Crippen molar-refractivity contribution in [1.29, 1.82) is 0 Å². The number of ether oxygens (including phenoxy) is 2. The van der Waals surface area contributed by atoms with Gasteiger partial charge in [-0.25, -0.2) is 4.98 Å². The lowest BCUT2D eigenvalue weighted by molar-refractivity contribution is -0.130. The van der Waals surface area contributed by atoms with E-state index in [0.717, 1.165) is 12.0 Å². The number of carbonyl (C=O) groups excluding carboxylic acids is 3. The van der Waals surface area contributed by atoms with Gasteiger partial charge in [0.15, 0.2) is 11.5 Å². The number of rotatable bonds is 5. The van der Waals surface area contributed by atoms with Crippen LogP contribution in [0.3, 0.4) is 0 Å². The van der Waals surface area contributed by atoms with E-state index in [1.54, 1.807) is 37.2 Å². The van der Waals surface area contributed by atoms with Gasteiger partial charge in [0.2, 0.25) is 11.8 Å². The highest BCUT2D eigenvalue weighted by molar-refractivity contribution is 5.97. The van der Waals surface area contributed by atoms with Crippen molar-refractivity contribution in [3.05, 3.63) is 48.0 Å². The summed E-state index contributed by atoms with van der Waals surface area (Å²) in [4.78, 5) is 45.9. The Kier molecular flexibility index (Phi) is 9.64. The number of benzene rings is 1. The molecule has 0 radical (unpaired) electrons. The van der Waals surface area contributed by atoms with Crippen molar-refractivity contribution in [2.75, 3.05) is 33.4 Å². The van der Waals surface area contributed by atoms with E-state index in [2.05, 4.69) is 20.7 Å². The Hall–Kier alpha value is -4.35. The predicted molar refractivity (Wildman–Crippen MR) is 153 cm³/mol. The number of hydrogen-bond acceptors (Lipinski definition) is 7. The summed E-state index contributed by atoms with van der Waals surface area (Å²) in [5.74, 6) is 0.497. The molecule has 3 amide bonds. The molecule has 41 heavy (non-hydrogen) atoms. The highest BCUT2D eigenvalue weighted by atomic mass is 16.5. The van der Waals surface area contributed by atoms with Gasteiger partial charge in [-0.15, -0.1) is 0 Å². The largest absolute Gasteiger partial charge is 0.493 e. The fraction of sp³-hybridized carbons (Fsp3) is 0.483. The van der Waals surface area contributed by atoms with E-state index < -0.39 is 11.9 Å². The van der Waals surface area contributed by atoms with E-state index in [-0.39, 0.29) is 37.4 Å². The second-order valence-corrected chi connectivity index (χ2v) is 10.4. The summed E-state index contributed by atoms with van der Waals surface area (Å²) < 4.78 is 15.3. The van der Waals surface area contributed by atoms with E-state index in [1.807, 2.05) is 43.7 Å². The van der Waals surface area contributed by atoms with Crippen molar-refractivity contribution in [2.45, 2.75) is 53.2 Å². The molecule has 0 spiro atoms. The monoisotopic (exact) mass is 565 g/mol. The third kappa shape index (κ3) is 7.05. The molecule has 220 valence electrons. The zero-order valence-electron chi connectivity index (χ0n) is 24.3. The summed E-state index contributed by atoms with van der Waals surface area (Å²) >= 11 is 0. The van der Waals surface area contributed by atoms with Crippen molar-refractivity contribution >= 4 is 17.7 Å². The molecular weight excluding hydrogens is 526 g/mol. The van der Waals surface area contributed by atoms with Gasteiger partial charge in [-0.2, -0.15) is 5.10 Å². The molecule has 0 saturated carbocycles. The second kappa shape index (κ2) is 13.3. The van der Waals surface area contributed by atoms with Gasteiger partial charge < -0.3 is 29.6 Å². The maximum atomic E-state index is 13.7. The Morgan fingerprint density at radius 1 is 1.24 bits per heavy atom. The molecule has 3 heterocycles. The predicted octanol–water partition coefficient (Wildman–Crippen LogP) is 2.27. The van der Waals surface area contributed by atoms with Crippen LogP contribution < -0.4 is 20.1 Å². The molecule has 4 rings (SSSR count). The first-order valence-corrected chi connectivity index (χ1v) is 13.9. The second-order valence-electron chi connectivity index (χ2n) is 10.4. The van der Waals surface area contributed by atoms with Crippen LogP contribution in [0.2, 0.25) is 0 Å². The average Bonchev–Trinajstić information content (AvgIpc) is 3.56. The molecule has 2 N–H and O–H groups in total.